The van der Waals surface area contributed by atoms with Gasteiger partial charge in [0.1, 0.15) is 0 Å². The monoisotopic (exact) mass is 441 g/mol. The molecular formula is C20H16BrN3O2S. The lowest BCUT2D eigenvalue weighted by Gasteiger charge is -2.14. The normalized spacial score (nSPS) is 11.6. The first-order valence-corrected chi connectivity index (χ1v) is 10.9. The summed E-state index contributed by atoms with van der Waals surface area (Å²) in [5, 5.41) is 5.50. The molecule has 1 heterocycles. The van der Waals surface area contributed by atoms with E-state index in [2.05, 4.69) is 26.0 Å². The van der Waals surface area contributed by atoms with Crippen LogP contribution in [0.15, 0.2) is 71.2 Å². The maximum absolute atomic E-state index is 11.4. The number of hydrogen-bond donors (Lipinski definition) is 2. The Morgan fingerprint density at radius 3 is 2.26 bits per heavy atom. The van der Waals surface area contributed by atoms with Crippen molar-refractivity contribution < 1.29 is 8.42 Å². The molecule has 0 radical (unpaired) electrons. The number of hydrogen-bond acceptors (Lipinski definition) is 4. The quantitative estimate of drug-likeness (QED) is 0.423. The molecule has 5 nitrogen and oxygen atoms in total. The Morgan fingerprint density at radius 2 is 1.52 bits per heavy atom. The zero-order valence-electron chi connectivity index (χ0n) is 14.4. The van der Waals surface area contributed by atoms with Gasteiger partial charge in [-0.25, -0.2) is 13.4 Å². The standard InChI is InChI=1S/C20H16BrN3O2S/c1-27(25,26)24-15-9-7-14(8-10-15)22-20-16-4-2-3-5-18(16)23-19-12-13(21)6-11-17(19)20/h2-12,24H,1H3,(H,22,23). The fraction of sp³-hybridized carbons (Fsp3) is 0.0500. The number of rotatable bonds is 4. The predicted octanol–water partition coefficient (Wildman–Crippen LogP) is 5.27. The van der Waals surface area contributed by atoms with Gasteiger partial charge >= 0.3 is 0 Å². The maximum atomic E-state index is 11.4. The van der Waals surface area contributed by atoms with Crippen molar-refractivity contribution in [3.63, 3.8) is 0 Å². The molecule has 0 spiro atoms. The molecule has 0 saturated heterocycles. The van der Waals surface area contributed by atoms with Crippen LogP contribution in [-0.4, -0.2) is 19.7 Å². The van der Waals surface area contributed by atoms with Crippen LogP contribution < -0.4 is 10.0 Å². The van der Waals surface area contributed by atoms with Crippen molar-refractivity contribution in [1.29, 1.82) is 0 Å². The lowest BCUT2D eigenvalue weighted by Crippen LogP contribution is -2.09. The molecule has 136 valence electrons. The van der Waals surface area contributed by atoms with Crippen LogP contribution in [0.1, 0.15) is 0 Å². The van der Waals surface area contributed by atoms with E-state index in [0.717, 1.165) is 43.9 Å². The van der Waals surface area contributed by atoms with Crippen molar-refractivity contribution in [3.8, 4) is 0 Å². The predicted molar refractivity (Wildman–Crippen MR) is 115 cm³/mol. The minimum absolute atomic E-state index is 0.524. The van der Waals surface area contributed by atoms with Crippen LogP contribution in [0.4, 0.5) is 17.1 Å². The van der Waals surface area contributed by atoms with Gasteiger partial charge in [-0.1, -0.05) is 34.1 Å². The highest BCUT2D eigenvalue weighted by Gasteiger charge is 2.10. The molecule has 0 aliphatic carbocycles. The number of anilines is 3. The number of benzene rings is 3. The number of sulfonamides is 1. The number of nitrogens with one attached hydrogen (secondary N) is 2. The lowest BCUT2D eigenvalue weighted by molar-refractivity contribution is 0.607. The van der Waals surface area contributed by atoms with Crippen molar-refractivity contribution in [2.75, 3.05) is 16.3 Å². The summed E-state index contributed by atoms with van der Waals surface area (Å²) in [6, 6.07) is 21.1. The van der Waals surface area contributed by atoms with Gasteiger partial charge in [-0.3, -0.25) is 4.72 Å². The van der Waals surface area contributed by atoms with Crippen LogP contribution in [0.2, 0.25) is 0 Å². The molecule has 0 aliphatic rings. The summed E-state index contributed by atoms with van der Waals surface area (Å²) in [5.41, 5.74) is 4.14. The van der Waals surface area contributed by atoms with Crippen molar-refractivity contribution in [3.05, 3.63) is 71.2 Å². The number of aromatic nitrogens is 1. The molecule has 7 heteroatoms. The second-order valence-corrected chi connectivity index (χ2v) is 8.91. The average molecular weight is 442 g/mol. The minimum atomic E-state index is -3.29. The van der Waals surface area contributed by atoms with E-state index in [1.807, 2.05) is 54.6 Å². The number of pyridine rings is 1. The van der Waals surface area contributed by atoms with Crippen LogP contribution in [-0.2, 0) is 10.0 Å². The van der Waals surface area contributed by atoms with Gasteiger partial charge in [0.2, 0.25) is 10.0 Å². The Hall–Kier alpha value is -2.64. The number of halogens is 1. The average Bonchev–Trinajstić information content (AvgIpc) is 2.61. The van der Waals surface area contributed by atoms with Crippen molar-refractivity contribution >= 4 is 64.8 Å². The fourth-order valence-electron chi connectivity index (χ4n) is 2.98. The molecule has 27 heavy (non-hydrogen) atoms. The Balaban J connectivity index is 1.80. The number of fused-ring (bicyclic) bond motifs is 2. The summed E-state index contributed by atoms with van der Waals surface area (Å²) in [7, 11) is -3.29. The van der Waals surface area contributed by atoms with E-state index in [0.29, 0.717) is 5.69 Å². The topological polar surface area (TPSA) is 71.1 Å². The maximum Gasteiger partial charge on any atom is 0.229 e. The molecule has 2 N–H and O–H groups in total. The summed E-state index contributed by atoms with van der Waals surface area (Å²) in [4.78, 5) is 4.75. The van der Waals surface area contributed by atoms with Gasteiger partial charge < -0.3 is 5.32 Å². The summed E-state index contributed by atoms with van der Waals surface area (Å²) < 4.78 is 26.2. The second kappa shape index (κ2) is 6.83. The van der Waals surface area contributed by atoms with Crippen LogP contribution in [0.25, 0.3) is 21.8 Å². The molecule has 3 aromatic carbocycles. The molecule has 0 bridgehead atoms. The van der Waals surface area contributed by atoms with Crippen LogP contribution >= 0.6 is 15.9 Å². The largest absolute Gasteiger partial charge is 0.354 e. The highest BCUT2D eigenvalue weighted by molar-refractivity contribution is 9.10. The van der Waals surface area contributed by atoms with Gasteiger partial charge in [0.25, 0.3) is 0 Å². The Labute approximate surface area is 165 Å². The molecule has 0 fully saturated rings. The van der Waals surface area contributed by atoms with Crippen molar-refractivity contribution in [1.82, 2.24) is 4.98 Å². The molecule has 0 aliphatic heterocycles. The fourth-order valence-corrected chi connectivity index (χ4v) is 3.89. The second-order valence-electron chi connectivity index (χ2n) is 6.24. The third kappa shape index (κ3) is 3.89. The molecule has 0 amide bonds. The molecular weight excluding hydrogens is 426 g/mol. The van der Waals surface area contributed by atoms with Crippen molar-refractivity contribution in [2.45, 2.75) is 0 Å². The first-order chi connectivity index (χ1) is 12.9. The van der Waals surface area contributed by atoms with E-state index in [1.165, 1.54) is 0 Å². The van der Waals surface area contributed by atoms with Crippen LogP contribution in [0, 0.1) is 0 Å². The summed E-state index contributed by atoms with van der Waals surface area (Å²) in [6.45, 7) is 0. The Bertz CT molecular complexity index is 1260. The van der Waals surface area contributed by atoms with Gasteiger partial charge in [0.15, 0.2) is 0 Å². The zero-order chi connectivity index (χ0) is 19.0. The third-order valence-electron chi connectivity index (χ3n) is 4.10. The molecule has 4 rings (SSSR count). The zero-order valence-corrected chi connectivity index (χ0v) is 16.8. The summed E-state index contributed by atoms with van der Waals surface area (Å²) >= 11 is 3.50. The third-order valence-corrected chi connectivity index (χ3v) is 5.20. The van der Waals surface area contributed by atoms with Gasteiger partial charge in [-0.2, -0.15) is 0 Å². The van der Waals surface area contributed by atoms with Gasteiger partial charge in [0.05, 0.1) is 23.0 Å². The SMILES string of the molecule is CS(=O)(=O)Nc1ccc(Nc2c3ccccc3nc3cc(Br)ccc23)cc1. The van der Waals surface area contributed by atoms with Crippen LogP contribution in [0.5, 0.6) is 0 Å². The first-order valence-electron chi connectivity index (χ1n) is 8.22. The molecule has 0 saturated carbocycles. The van der Waals surface area contributed by atoms with E-state index in [-0.39, 0.29) is 0 Å². The summed E-state index contributed by atoms with van der Waals surface area (Å²) in [6.07, 6.45) is 1.13. The molecule has 4 aromatic rings. The number of para-hydroxylation sites is 1. The molecule has 0 unspecified atom stereocenters. The van der Waals surface area contributed by atoms with E-state index in [4.69, 9.17) is 4.98 Å². The van der Waals surface area contributed by atoms with Crippen LogP contribution in [0.3, 0.4) is 0 Å². The Kier molecular flexibility index (Phi) is 4.49. The van der Waals surface area contributed by atoms with E-state index in [1.54, 1.807) is 12.1 Å². The molecule has 0 atom stereocenters. The number of nitrogens with zero attached hydrogens (tertiary/aromatic N) is 1. The Morgan fingerprint density at radius 1 is 0.852 bits per heavy atom. The first kappa shape index (κ1) is 17.8. The van der Waals surface area contributed by atoms with Gasteiger partial charge in [-0.05, 0) is 48.5 Å². The van der Waals surface area contributed by atoms with Gasteiger partial charge in [-0.15, -0.1) is 0 Å². The smallest absolute Gasteiger partial charge is 0.229 e. The molecule has 1 aromatic heterocycles. The van der Waals surface area contributed by atoms with E-state index < -0.39 is 10.0 Å². The van der Waals surface area contributed by atoms with E-state index in [9.17, 15) is 8.42 Å². The van der Waals surface area contributed by atoms with E-state index >= 15 is 0 Å². The minimum Gasteiger partial charge on any atom is -0.354 e. The highest BCUT2D eigenvalue weighted by atomic mass is 79.9. The highest BCUT2D eigenvalue weighted by Crippen LogP contribution is 2.34. The summed E-state index contributed by atoms with van der Waals surface area (Å²) in [5.74, 6) is 0. The van der Waals surface area contributed by atoms with Crippen molar-refractivity contribution in [2.24, 2.45) is 0 Å². The van der Waals surface area contributed by atoms with Gasteiger partial charge in [0, 0.05) is 26.6 Å². The lowest BCUT2D eigenvalue weighted by atomic mass is 10.1.